The molecule has 1 aliphatic heterocycles. The Morgan fingerprint density at radius 2 is 2.13 bits per heavy atom. The van der Waals surface area contributed by atoms with Gasteiger partial charge in [0, 0.05) is 76.9 Å². The van der Waals surface area contributed by atoms with E-state index in [1.54, 1.807) is 0 Å². The van der Waals surface area contributed by atoms with Gasteiger partial charge in [0.05, 0.1) is 0 Å². The maximum absolute atomic E-state index is 5.45. The maximum atomic E-state index is 5.45. The van der Waals surface area contributed by atoms with E-state index < -0.39 is 0 Å². The molecule has 166 valence electrons. The number of hydrogen-bond donors (Lipinski definition) is 1. The van der Waals surface area contributed by atoms with Gasteiger partial charge in [-0.25, -0.2) is 0 Å². The lowest BCUT2D eigenvalue weighted by molar-refractivity contribution is 0.146. The molecule has 1 N–H and O–H groups in total. The number of aromatic nitrogens is 3. The maximum Gasteiger partial charge on any atom is 0.194 e. The number of ether oxygens (including phenoxy) is 1. The van der Waals surface area contributed by atoms with Crippen LogP contribution >= 0.6 is 11.3 Å². The van der Waals surface area contributed by atoms with E-state index in [2.05, 4.69) is 54.3 Å². The lowest BCUT2D eigenvalue weighted by Gasteiger charge is -2.36. The highest BCUT2D eigenvalue weighted by Gasteiger charge is 2.20. The number of piperazine rings is 1. The number of nitrogens with one attached hydrogen (secondary N) is 1. The Labute approximate surface area is 184 Å². The van der Waals surface area contributed by atoms with Crippen molar-refractivity contribution in [3.63, 3.8) is 0 Å². The summed E-state index contributed by atoms with van der Waals surface area (Å²) < 4.78 is 7.56. The predicted octanol–water partition coefficient (Wildman–Crippen LogP) is 2.09. The van der Waals surface area contributed by atoms with Gasteiger partial charge in [-0.15, -0.1) is 21.5 Å². The molecule has 1 saturated heterocycles. The van der Waals surface area contributed by atoms with Gasteiger partial charge in [0.25, 0.3) is 0 Å². The zero-order valence-electron chi connectivity index (χ0n) is 18.3. The standard InChI is InChI=1S/C21H35N7OS/c1-3-20-25-24-18-28(20)10-9-23-21(22-8-6-15-29-4-2)27-13-11-26(12-14-27)17-19-7-5-16-30-19/h5,7,16,18H,3-4,6,8-15,17H2,1-2H3,(H,22,23). The SMILES string of the molecule is CCOCCCN=C(NCCn1cnnc1CC)N1CCN(Cc2cccs2)CC1. The van der Waals surface area contributed by atoms with E-state index in [-0.39, 0.29) is 0 Å². The summed E-state index contributed by atoms with van der Waals surface area (Å²) in [4.78, 5) is 11.2. The fourth-order valence-corrected chi connectivity index (χ4v) is 4.28. The van der Waals surface area contributed by atoms with Crippen molar-refractivity contribution >= 4 is 17.3 Å². The van der Waals surface area contributed by atoms with Crippen LogP contribution in [0.2, 0.25) is 0 Å². The normalized spacial score (nSPS) is 15.7. The fourth-order valence-electron chi connectivity index (χ4n) is 3.53. The molecule has 2 aromatic rings. The molecule has 0 atom stereocenters. The van der Waals surface area contributed by atoms with Gasteiger partial charge >= 0.3 is 0 Å². The molecule has 9 heteroatoms. The summed E-state index contributed by atoms with van der Waals surface area (Å²) >= 11 is 1.84. The molecular weight excluding hydrogens is 398 g/mol. The number of thiophene rings is 1. The van der Waals surface area contributed by atoms with E-state index in [0.717, 1.165) is 90.2 Å². The first-order valence-corrected chi connectivity index (χ1v) is 11.9. The molecule has 0 spiro atoms. The minimum atomic E-state index is 0.764. The zero-order chi connectivity index (χ0) is 21.0. The fraction of sp³-hybridized carbons (Fsp3) is 0.667. The molecule has 0 unspecified atom stereocenters. The van der Waals surface area contributed by atoms with Crippen molar-refractivity contribution in [2.24, 2.45) is 4.99 Å². The Morgan fingerprint density at radius 1 is 1.27 bits per heavy atom. The summed E-state index contributed by atoms with van der Waals surface area (Å²) in [5.41, 5.74) is 0. The Kier molecular flexibility index (Phi) is 9.59. The Balaban J connectivity index is 1.50. The zero-order valence-corrected chi connectivity index (χ0v) is 19.1. The van der Waals surface area contributed by atoms with E-state index in [0.29, 0.717) is 0 Å². The van der Waals surface area contributed by atoms with Gasteiger partial charge in [-0.2, -0.15) is 0 Å². The average molecular weight is 434 g/mol. The van der Waals surface area contributed by atoms with Crippen LogP contribution in [0.15, 0.2) is 28.8 Å². The summed E-state index contributed by atoms with van der Waals surface area (Å²) in [6, 6.07) is 4.35. The quantitative estimate of drug-likeness (QED) is 0.332. The van der Waals surface area contributed by atoms with Crippen molar-refractivity contribution in [1.29, 1.82) is 0 Å². The monoisotopic (exact) mass is 433 g/mol. The van der Waals surface area contributed by atoms with Gasteiger partial charge in [0.2, 0.25) is 0 Å². The third-order valence-electron chi connectivity index (χ3n) is 5.19. The molecule has 8 nitrogen and oxygen atoms in total. The Morgan fingerprint density at radius 3 is 2.87 bits per heavy atom. The van der Waals surface area contributed by atoms with Gasteiger partial charge in [-0.1, -0.05) is 13.0 Å². The molecule has 0 aromatic carbocycles. The molecule has 0 aliphatic carbocycles. The second-order valence-corrected chi connectivity index (χ2v) is 8.35. The van der Waals surface area contributed by atoms with Crippen molar-refractivity contribution in [3.05, 3.63) is 34.5 Å². The van der Waals surface area contributed by atoms with Crippen molar-refractivity contribution in [2.75, 3.05) is 52.5 Å². The van der Waals surface area contributed by atoms with Crippen molar-refractivity contribution in [1.82, 2.24) is 29.9 Å². The minimum absolute atomic E-state index is 0.764. The highest BCUT2D eigenvalue weighted by Crippen LogP contribution is 2.13. The number of aryl methyl sites for hydroxylation is 1. The number of hydrogen-bond acceptors (Lipinski definition) is 6. The summed E-state index contributed by atoms with van der Waals surface area (Å²) in [7, 11) is 0. The van der Waals surface area contributed by atoms with Gasteiger partial charge in [0.1, 0.15) is 12.2 Å². The van der Waals surface area contributed by atoms with Crippen LogP contribution in [-0.2, 0) is 24.2 Å². The first-order chi connectivity index (χ1) is 14.8. The van der Waals surface area contributed by atoms with E-state index in [1.165, 1.54) is 4.88 Å². The predicted molar refractivity (Wildman–Crippen MR) is 122 cm³/mol. The van der Waals surface area contributed by atoms with E-state index in [9.17, 15) is 0 Å². The second-order valence-electron chi connectivity index (χ2n) is 7.32. The molecule has 0 saturated carbocycles. The van der Waals surface area contributed by atoms with Gasteiger partial charge in [-0.05, 0) is 24.8 Å². The van der Waals surface area contributed by atoms with Gasteiger partial charge in [-0.3, -0.25) is 9.89 Å². The van der Waals surface area contributed by atoms with Crippen LogP contribution in [-0.4, -0.2) is 83.0 Å². The molecule has 0 radical (unpaired) electrons. The van der Waals surface area contributed by atoms with Crippen molar-refractivity contribution in [2.45, 2.75) is 39.8 Å². The summed E-state index contributed by atoms with van der Waals surface area (Å²) in [6.45, 7) is 13.3. The summed E-state index contributed by atoms with van der Waals surface area (Å²) in [5.74, 6) is 2.03. The van der Waals surface area contributed by atoms with Crippen LogP contribution in [0.5, 0.6) is 0 Å². The largest absolute Gasteiger partial charge is 0.382 e. The lowest BCUT2D eigenvalue weighted by Crippen LogP contribution is -2.52. The molecule has 30 heavy (non-hydrogen) atoms. The number of nitrogens with zero attached hydrogens (tertiary/aromatic N) is 6. The number of guanidine groups is 1. The van der Waals surface area contributed by atoms with Crippen LogP contribution in [0.1, 0.15) is 31.0 Å². The van der Waals surface area contributed by atoms with Crippen LogP contribution in [0, 0.1) is 0 Å². The second kappa shape index (κ2) is 12.7. The van der Waals surface area contributed by atoms with Gasteiger partial charge in [0.15, 0.2) is 5.96 Å². The van der Waals surface area contributed by atoms with Crippen LogP contribution in [0.25, 0.3) is 0 Å². The Hall–Kier alpha value is -1.97. The third-order valence-corrected chi connectivity index (χ3v) is 6.05. The summed E-state index contributed by atoms with van der Waals surface area (Å²) in [5, 5.41) is 13.9. The van der Waals surface area contributed by atoms with Crippen LogP contribution in [0.3, 0.4) is 0 Å². The molecule has 0 bridgehead atoms. The molecule has 1 aliphatic rings. The Bertz CT molecular complexity index is 738. The molecule has 1 fully saturated rings. The van der Waals surface area contributed by atoms with E-state index in [4.69, 9.17) is 9.73 Å². The average Bonchev–Trinajstić information content (AvgIpc) is 3.45. The number of aliphatic imine (C=N–C) groups is 1. The van der Waals surface area contributed by atoms with Crippen LogP contribution in [0.4, 0.5) is 0 Å². The summed E-state index contributed by atoms with van der Waals surface area (Å²) in [6.07, 6.45) is 3.65. The van der Waals surface area contributed by atoms with Crippen molar-refractivity contribution in [3.8, 4) is 0 Å². The lowest BCUT2D eigenvalue weighted by atomic mass is 10.3. The van der Waals surface area contributed by atoms with Crippen LogP contribution < -0.4 is 5.32 Å². The van der Waals surface area contributed by atoms with Crippen molar-refractivity contribution < 1.29 is 4.74 Å². The van der Waals surface area contributed by atoms with E-state index >= 15 is 0 Å². The first kappa shape index (κ1) is 22.7. The molecule has 0 amide bonds. The number of rotatable bonds is 11. The topological polar surface area (TPSA) is 70.8 Å². The molecule has 2 aromatic heterocycles. The molecule has 3 rings (SSSR count). The molecular formula is C21H35N7OS. The highest BCUT2D eigenvalue weighted by atomic mass is 32.1. The van der Waals surface area contributed by atoms with E-state index in [1.807, 2.05) is 24.6 Å². The third kappa shape index (κ3) is 7.07. The smallest absolute Gasteiger partial charge is 0.194 e. The highest BCUT2D eigenvalue weighted by molar-refractivity contribution is 7.09. The minimum Gasteiger partial charge on any atom is -0.382 e. The molecule has 3 heterocycles. The van der Waals surface area contributed by atoms with Gasteiger partial charge < -0.3 is 19.5 Å². The first-order valence-electron chi connectivity index (χ1n) is 11.0.